The molecule has 0 aliphatic carbocycles. The highest BCUT2D eigenvalue weighted by atomic mass is 35.5. The Hall–Kier alpha value is -0.770. The van der Waals surface area contributed by atoms with Crippen molar-refractivity contribution in [2.75, 3.05) is 13.1 Å². The van der Waals surface area contributed by atoms with Crippen molar-refractivity contribution in [3.63, 3.8) is 0 Å². The van der Waals surface area contributed by atoms with Crippen LogP contribution >= 0.6 is 24.0 Å². The summed E-state index contributed by atoms with van der Waals surface area (Å²) in [5.41, 5.74) is 0.999. The van der Waals surface area contributed by atoms with Crippen LogP contribution in [0, 0.1) is 5.92 Å². The lowest BCUT2D eigenvalue weighted by molar-refractivity contribution is -0.121. The molecule has 1 fully saturated rings. The van der Waals surface area contributed by atoms with E-state index < -0.39 is 0 Å². The molecule has 0 bridgehead atoms. The maximum Gasteiger partial charge on any atom is 0.224 e. The number of halogens is 2. The van der Waals surface area contributed by atoms with Crippen LogP contribution in [0.15, 0.2) is 24.3 Å². The van der Waals surface area contributed by atoms with Gasteiger partial charge in [0.1, 0.15) is 0 Å². The van der Waals surface area contributed by atoms with E-state index in [0.29, 0.717) is 23.4 Å². The summed E-state index contributed by atoms with van der Waals surface area (Å²) in [6.45, 7) is 4.13. The van der Waals surface area contributed by atoms with Crippen LogP contribution in [0.1, 0.15) is 18.9 Å². The average molecular weight is 303 g/mol. The smallest absolute Gasteiger partial charge is 0.224 e. The van der Waals surface area contributed by atoms with Gasteiger partial charge in [0.2, 0.25) is 5.91 Å². The van der Waals surface area contributed by atoms with Gasteiger partial charge in [0.05, 0.1) is 6.42 Å². The molecule has 2 atom stereocenters. The Labute approximate surface area is 125 Å². The van der Waals surface area contributed by atoms with E-state index in [1.54, 1.807) is 0 Å². The van der Waals surface area contributed by atoms with Crippen molar-refractivity contribution < 1.29 is 4.79 Å². The predicted molar refractivity (Wildman–Crippen MR) is 81.0 cm³/mol. The zero-order valence-corrected chi connectivity index (χ0v) is 12.6. The Bertz CT molecular complexity index is 408. The van der Waals surface area contributed by atoms with Gasteiger partial charge in [0.15, 0.2) is 0 Å². The summed E-state index contributed by atoms with van der Waals surface area (Å²) < 4.78 is 0. The third-order valence-electron chi connectivity index (χ3n) is 3.41. The van der Waals surface area contributed by atoms with Gasteiger partial charge in [0, 0.05) is 11.1 Å². The number of hydrogen-bond donors (Lipinski definition) is 2. The van der Waals surface area contributed by atoms with Gasteiger partial charge in [-0.3, -0.25) is 4.79 Å². The number of piperidine rings is 1. The van der Waals surface area contributed by atoms with E-state index in [1.807, 2.05) is 24.3 Å². The first kappa shape index (κ1) is 16.3. The summed E-state index contributed by atoms with van der Waals surface area (Å²) in [7, 11) is 0. The molecular formula is C14H20Cl2N2O. The molecule has 2 unspecified atom stereocenters. The molecule has 1 aliphatic heterocycles. The highest BCUT2D eigenvalue weighted by Crippen LogP contribution is 2.12. The maximum atomic E-state index is 11.9. The molecule has 0 spiro atoms. The van der Waals surface area contributed by atoms with Gasteiger partial charge in [-0.25, -0.2) is 0 Å². The van der Waals surface area contributed by atoms with E-state index in [1.165, 1.54) is 0 Å². The summed E-state index contributed by atoms with van der Waals surface area (Å²) in [5, 5.41) is 7.15. The van der Waals surface area contributed by atoms with Crippen molar-refractivity contribution in [1.29, 1.82) is 0 Å². The second kappa shape index (κ2) is 7.73. The van der Waals surface area contributed by atoms with Crippen LogP contribution in [0.4, 0.5) is 0 Å². The second-order valence-electron chi connectivity index (χ2n) is 4.95. The summed E-state index contributed by atoms with van der Waals surface area (Å²) in [6, 6.07) is 7.72. The molecule has 1 aliphatic rings. The number of amides is 1. The van der Waals surface area contributed by atoms with E-state index in [9.17, 15) is 4.79 Å². The number of benzene rings is 1. The fourth-order valence-electron chi connectivity index (χ4n) is 2.27. The Kier molecular flexibility index (Phi) is 6.63. The van der Waals surface area contributed by atoms with Crippen LogP contribution in [0.3, 0.4) is 0 Å². The van der Waals surface area contributed by atoms with Crippen molar-refractivity contribution in [2.24, 2.45) is 5.92 Å². The van der Waals surface area contributed by atoms with E-state index in [0.717, 1.165) is 25.1 Å². The van der Waals surface area contributed by atoms with Crippen LogP contribution in [0.2, 0.25) is 5.02 Å². The second-order valence-corrected chi connectivity index (χ2v) is 5.38. The van der Waals surface area contributed by atoms with Crippen molar-refractivity contribution in [3.8, 4) is 0 Å². The topological polar surface area (TPSA) is 41.1 Å². The van der Waals surface area contributed by atoms with Crippen molar-refractivity contribution in [2.45, 2.75) is 25.8 Å². The molecule has 1 amide bonds. The fraction of sp³-hybridized carbons (Fsp3) is 0.500. The van der Waals surface area contributed by atoms with Crippen LogP contribution < -0.4 is 10.6 Å². The first-order chi connectivity index (χ1) is 8.65. The summed E-state index contributed by atoms with van der Waals surface area (Å²) in [5.74, 6) is 0.587. The third kappa shape index (κ3) is 5.01. The van der Waals surface area contributed by atoms with Crippen molar-refractivity contribution in [3.05, 3.63) is 34.9 Å². The maximum absolute atomic E-state index is 11.9. The van der Waals surface area contributed by atoms with Gasteiger partial charge in [-0.1, -0.05) is 30.7 Å². The van der Waals surface area contributed by atoms with Gasteiger partial charge in [-0.05, 0) is 43.1 Å². The zero-order chi connectivity index (χ0) is 13.0. The van der Waals surface area contributed by atoms with Gasteiger partial charge >= 0.3 is 0 Å². The molecule has 2 N–H and O–H groups in total. The molecule has 106 valence electrons. The van der Waals surface area contributed by atoms with Crippen LogP contribution in [0.5, 0.6) is 0 Å². The fourth-order valence-corrected chi connectivity index (χ4v) is 2.40. The molecular weight excluding hydrogens is 283 g/mol. The summed E-state index contributed by atoms with van der Waals surface area (Å²) in [6.07, 6.45) is 1.43. The van der Waals surface area contributed by atoms with E-state index >= 15 is 0 Å². The quantitative estimate of drug-likeness (QED) is 0.900. The summed E-state index contributed by atoms with van der Waals surface area (Å²) in [4.78, 5) is 11.9. The lowest BCUT2D eigenvalue weighted by atomic mass is 9.95. The number of nitrogens with one attached hydrogen (secondary N) is 2. The molecule has 5 heteroatoms. The first-order valence-electron chi connectivity index (χ1n) is 6.39. The van der Waals surface area contributed by atoms with Crippen molar-refractivity contribution in [1.82, 2.24) is 10.6 Å². The van der Waals surface area contributed by atoms with Crippen LogP contribution in [0.25, 0.3) is 0 Å². The number of rotatable bonds is 3. The Morgan fingerprint density at radius 2 is 2.11 bits per heavy atom. The molecule has 19 heavy (non-hydrogen) atoms. The highest BCUT2D eigenvalue weighted by molar-refractivity contribution is 6.30. The molecule has 0 aromatic heterocycles. The SMILES string of the molecule is CC1CNCCC1NC(=O)Cc1ccc(Cl)cc1.Cl. The summed E-state index contributed by atoms with van der Waals surface area (Å²) >= 11 is 5.82. The van der Waals surface area contributed by atoms with Crippen LogP contribution in [-0.4, -0.2) is 25.0 Å². The molecule has 0 saturated carbocycles. The van der Waals surface area contributed by atoms with E-state index in [4.69, 9.17) is 11.6 Å². The minimum absolute atomic E-state index is 0. The van der Waals surface area contributed by atoms with Gasteiger partial charge < -0.3 is 10.6 Å². The average Bonchev–Trinajstić information content (AvgIpc) is 2.35. The number of carbonyl (C=O) groups excluding carboxylic acids is 1. The molecule has 2 rings (SSSR count). The lowest BCUT2D eigenvalue weighted by Gasteiger charge is -2.30. The van der Waals surface area contributed by atoms with Gasteiger partial charge in [-0.2, -0.15) is 0 Å². The lowest BCUT2D eigenvalue weighted by Crippen LogP contribution is -2.48. The normalized spacial score (nSPS) is 22.4. The van der Waals surface area contributed by atoms with Gasteiger partial charge in [-0.15, -0.1) is 12.4 Å². The van der Waals surface area contributed by atoms with Gasteiger partial charge in [0.25, 0.3) is 0 Å². The molecule has 1 heterocycles. The zero-order valence-electron chi connectivity index (χ0n) is 11.0. The number of carbonyl (C=O) groups is 1. The third-order valence-corrected chi connectivity index (χ3v) is 3.66. The molecule has 1 saturated heterocycles. The first-order valence-corrected chi connectivity index (χ1v) is 6.77. The Balaban J connectivity index is 0.00000180. The largest absolute Gasteiger partial charge is 0.353 e. The molecule has 1 aromatic carbocycles. The molecule has 1 aromatic rings. The monoisotopic (exact) mass is 302 g/mol. The minimum atomic E-state index is 0. The minimum Gasteiger partial charge on any atom is -0.353 e. The van der Waals surface area contributed by atoms with Crippen molar-refractivity contribution >= 4 is 29.9 Å². The van der Waals surface area contributed by atoms with E-state index in [-0.39, 0.29) is 18.3 Å². The molecule has 0 radical (unpaired) electrons. The predicted octanol–water partition coefficient (Wildman–Crippen LogP) is 2.42. The van der Waals surface area contributed by atoms with Crippen LogP contribution in [-0.2, 0) is 11.2 Å². The molecule has 3 nitrogen and oxygen atoms in total. The highest BCUT2D eigenvalue weighted by Gasteiger charge is 2.22. The number of hydrogen-bond acceptors (Lipinski definition) is 2. The standard InChI is InChI=1S/C14H19ClN2O.ClH/c1-10-9-16-7-6-13(10)17-14(18)8-11-2-4-12(15)5-3-11;/h2-5,10,13,16H,6-9H2,1H3,(H,17,18);1H. The Morgan fingerprint density at radius 3 is 2.74 bits per heavy atom. The Morgan fingerprint density at radius 1 is 1.42 bits per heavy atom. The van der Waals surface area contributed by atoms with E-state index in [2.05, 4.69) is 17.6 Å².